The molecule has 26 heavy (non-hydrogen) atoms. The Kier molecular flexibility index (Phi) is 3.71. The van der Waals surface area contributed by atoms with Crippen molar-refractivity contribution < 1.29 is 9.90 Å². The lowest BCUT2D eigenvalue weighted by Crippen LogP contribution is -1.99. The molecule has 0 radical (unpaired) electrons. The summed E-state index contributed by atoms with van der Waals surface area (Å²) in [6.45, 7) is 0. The van der Waals surface area contributed by atoms with Crippen molar-refractivity contribution in [2.24, 2.45) is 0 Å². The van der Waals surface area contributed by atoms with E-state index in [-0.39, 0.29) is 5.56 Å². The average molecular weight is 339 g/mol. The molecule has 5 heteroatoms. The Balaban J connectivity index is 1.98. The van der Waals surface area contributed by atoms with Crippen LogP contribution in [0.3, 0.4) is 0 Å². The molecule has 1 N–H and O–H groups in total. The van der Waals surface area contributed by atoms with Crippen molar-refractivity contribution in [2.45, 2.75) is 0 Å². The van der Waals surface area contributed by atoms with E-state index >= 15 is 0 Å². The van der Waals surface area contributed by atoms with Gasteiger partial charge in [-0.3, -0.25) is 4.57 Å². The number of hydrogen-bond acceptors (Lipinski definition) is 3. The molecule has 4 rings (SSSR count). The van der Waals surface area contributed by atoms with Crippen LogP contribution in [0.5, 0.6) is 0 Å². The van der Waals surface area contributed by atoms with Gasteiger partial charge in [0.25, 0.3) is 0 Å². The van der Waals surface area contributed by atoms with Gasteiger partial charge in [-0.05, 0) is 42.5 Å². The summed E-state index contributed by atoms with van der Waals surface area (Å²) in [4.78, 5) is 15.8. The van der Waals surface area contributed by atoms with Crippen LogP contribution >= 0.6 is 0 Å². The summed E-state index contributed by atoms with van der Waals surface area (Å²) in [5, 5.41) is 18.2. The van der Waals surface area contributed by atoms with E-state index in [1.165, 1.54) is 0 Å². The Morgan fingerprint density at radius 2 is 1.73 bits per heavy atom. The molecule has 4 aromatic rings. The van der Waals surface area contributed by atoms with E-state index in [1.54, 1.807) is 36.4 Å². The van der Waals surface area contributed by atoms with Gasteiger partial charge >= 0.3 is 5.97 Å². The number of carbonyl (C=O) groups is 1. The predicted octanol–water partition coefficient (Wildman–Crippen LogP) is 4.26. The van der Waals surface area contributed by atoms with Crippen LogP contribution in [-0.4, -0.2) is 20.6 Å². The number of hydrogen-bond donors (Lipinski definition) is 1. The topological polar surface area (TPSA) is 78.9 Å². The quantitative estimate of drug-likeness (QED) is 0.605. The van der Waals surface area contributed by atoms with E-state index in [0.29, 0.717) is 16.9 Å². The fourth-order valence-electron chi connectivity index (χ4n) is 2.94. The summed E-state index contributed by atoms with van der Waals surface area (Å²) < 4.78 is 2.01. The number of benzene rings is 3. The SMILES string of the molecule is N#Cc1ccc2c(c1)nc(-c1ccc(C(=O)O)cc1)n2-c1ccccc1. The Morgan fingerprint density at radius 3 is 2.38 bits per heavy atom. The summed E-state index contributed by atoms with van der Waals surface area (Å²) in [6.07, 6.45) is 0. The highest BCUT2D eigenvalue weighted by Crippen LogP contribution is 2.29. The molecule has 0 spiro atoms. The molecule has 1 aromatic heterocycles. The molecule has 0 saturated carbocycles. The first-order valence-corrected chi connectivity index (χ1v) is 7.99. The second-order valence-electron chi connectivity index (χ2n) is 5.80. The normalized spacial score (nSPS) is 10.6. The first-order valence-electron chi connectivity index (χ1n) is 7.99. The van der Waals surface area contributed by atoms with Gasteiger partial charge in [-0.25, -0.2) is 9.78 Å². The average Bonchev–Trinajstić information content (AvgIpc) is 3.07. The third-order valence-electron chi connectivity index (χ3n) is 4.19. The van der Waals surface area contributed by atoms with E-state index in [2.05, 4.69) is 6.07 Å². The van der Waals surface area contributed by atoms with Crippen LogP contribution in [0.4, 0.5) is 0 Å². The number of aromatic carboxylic acids is 1. The molecular weight excluding hydrogens is 326 g/mol. The molecular formula is C21H13N3O2. The number of fused-ring (bicyclic) bond motifs is 1. The van der Waals surface area contributed by atoms with Crippen molar-refractivity contribution in [3.63, 3.8) is 0 Å². The van der Waals surface area contributed by atoms with Crippen LogP contribution in [0.15, 0.2) is 72.8 Å². The Labute approximate surface area is 149 Å². The zero-order valence-electron chi connectivity index (χ0n) is 13.6. The lowest BCUT2D eigenvalue weighted by atomic mass is 10.1. The lowest BCUT2D eigenvalue weighted by molar-refractivity contribution is 0.0697. The molecule has 0 aliphatic rings. The van der Waals surface area contributed by atoms with Gasteiger partial charge in [0, 0.05) is 11.3 Å². The number of para-hydroxylation sites is 1. The van der Waals surface area contributed by atoms with Crippen molar-refractivity contribution >= 4 is 17.0 Å². The van der Waals surface area contributed by atoms with Gasteiger partial charge in [-0.15, -0.1) is 0 Å². The van der Waals surface area contributed by atoms with Gasteiger partial charge in [0.1, 0.15) is 5.82 Å². The summed E-state index contributed by atoms with van der Waals surface area (Å²) in [6, 6.07) is 23.9. The minimum Gasteiger partial charge on any atom is -0.478 e. The molecule has 0 bridgehead atoms. The summed E-state index contributed by atoms with van der Waals surface area (Å²) in [7, 11) is 0. The third kappa shape index (κ3) is 2.60. The molecule has 1 heterocycles. The van der Waals surface area contributed by atoms with Crippen molar-refractivity contribution in [2.75, 3.05) is 0 Å². The number of nitrogens with zero attached hydrogens (tertiary/aromatic N) is 3. The van der Waals surface area contributed by atoms with E-state index in [4.69, 9.17) is 15.4 Å². The van der Waals surface area contributed by atoms with Gasteiger partial charge in [-0.2, -0.15) is 5.26 Å². The van der Waals surface area contributed by atoms with Crippen molar-refractivity contribution in [3.8, 4) is 23.1 Å². The van der Waals surface area contributed by atoms with E-state index in [0.717, 1.165) is 16.8 Å². The number of carboxylic acid groups (broad SMARTS) is 1. The van der Waals surface area contributed by atoms with Crippen LogP contribution in [0, 0.1) is 11.3 Å². The van der Waals surface area contributed by atoms with Crippen LogP contribution in [0.25, 0.3) is 28.1 Å². The number of imidazole rings is 1. The van der Waals surface area contributed by atoms with Gasteiger partial charge in [0.15, 0.2) is 0 Å². The summed E-state index contributed by atoms with van der Waals surface area (Å²) in [5.74, 6) is -0.273. The number of aromatic nitrogens is 2. The van der Waals surface area contributed by atoms with Gasteiger partial charge in [-0.1, -0.05) is 30.3 Å². The van der Waals surface area contributed by atoms with E-state index < -0.39 is 5.97 Å². The number of nitriles is 1. The molecule has 0 atom stereocenters. The first-order chi connectivity index (χ1) is 12.7. The smallest absolute Gasteiger partial charge is 0.335 e. The Hall–Kier alpha value is -3.91. The highest BCUT2D eigenvalue weighted by atomic mass is 16.4. The minimum absolute atomic E-state index is 0.225. The maximum atomic E-state index is 11.1. The Bertz CT molecular complexity index is 1150. The third-order valence-corrected chi connectivity index (χ3v) is 4.19. The van der Waals surface area contributed by atoms with Crippen molar-refractivity contribution in [3.05, 3.63) is 83.9 Å². The molecule has 0 aliphatic carbocycles. The highest BCUT2D eigenvalue weighted by molar-refractivity contribution is 5.89. The standard InChI is InChI=1S/C21H13N3O2/c22-13-14-6-11-19-18(12-14)23-20(24(19)17-4-2-1-3-5-17)15-7-9-16(10-8-15)21(25)26/h1-12H,(H,25,26). The summed E-state index contributed by atoms with van der Waals surface area (Å²) in [5.41, 5.74) is 4.11. The minimum atomic E-state index is -0.966. The predicted molar refractivity (Wildman–Crippen MR) is 98.2 cm³/mol. The highest BCUT2D eigenvalue weighted by Gasteiger charge is 2.15. The number of carboxylic acids is 1. The Morgan fingerprint density at radius 1 is 1.00 bits per heavy atom. The van der Waals surface area contributed by atoms with Crippen molar-refractivity contribution in [1.29, 1.82) is 5.26 Å². The molecule has 124 valence electrons. The zero-order valence-corrected chi connectivity index (χ0v) is 13.6. The maximum absolute atomic E-state index is 11.1. The van der Waals surface area contributed by atoms with Crippen LogP contribution < -0.4 is 0 Å². The van der Waals surface area contributed by atoms with Crippen LogP contribution in [0.1, 0.15) is 15.9 Å². The molecule has 0 fully saturated rings. The van der Waals surface area contributed by atoms with E-state index in [1.807, 2.05) is 41.0 Å². The second-order valence-corrected chi connectivity index (χ2v) is 5.80. The summed E-state index contributed by atoms with van der Waals surface area (Å²) >= 11 is 0. The lowest BCUT2D eigenvalue weighted by Gasteiger charge is -2.09. The van der Waals surface area contributed by atoms with Gasteiger partial charge in [0.2, 0.25) is 0 Å². The molecule has 0 unspecified atom stereocenters. The van der Waals surface area contributed by atoms with E-state index in [9.17, 15) is 4.79 Å². The fraction of sp³-hybridized carbons (Fsp3) is 0. The maximum Gasteiger partial charge on any atom is 0.335 e. The molecule has 3 aromatic carbocycles. The van der Waals surface area contributed by atoms with Crippen LogP contribution in [0.2, 0.25) is 0 Å². The monoisotopic (exact) mass is 339 g/mol. The van der Waals surface area contributed by atoms with Crippen LogP contribution in [-0.2, 0) is 0 Å². The first kappa shape index (κ1) is 15.6. The number of rotatable bonds is 3. The largest absolute Gasteiger partial charge is 0.478 e. The molecule has 5 nitrogen and oxygen atoms in total. The van der Waals surface area contributed by atoms with Gasteiger partial charge in [0.05, 0.1) is 28.2 Å². The molecule has 0 saturated heterocycles. The second kappa shape index (κ2) is 6.19. The zero-order chi connectivity index (χ0) is 18.1. The molecule has 0 aliphatic heterocycles. The fourth-order valence-corrected chi connectivity index (χ4v) is 2.94. The van der Waals surface area contributed by atoms with Crippen molar-refractivity contribution in [1.82, 2.24) is 9.55 Å². The molecule has 0 amide bonds. The van der Waals surface area contributed by atoms with Gasteiger partial charge < -0.3 is 5.11 Å².